The zero-order valence-electron chi connectivity index (χ0n) is 11.2. The van der Waals surface area contributed by atoms with Gasteiger partial charge in [0.1, 0.15) is 5.69 Å². The lowest BCUT2D eigenvalue weighted by atomic mass is 10.00. The number of aryl methyl sites for hydroxylation is 1. The number of benzene rings is 2. The van der Waals surface area contributed by atoms with Gasteiger partial charge in [-0.05, 0) is 30.2 Å². The van der Waals surface area contributed by atoms with Crippen molar-refractivity contribution in [3.8, 4) is 22.4 Å². The monoisotopic (exact) mass is 362 g/mol. The summed E-state index contributed by atoms with van der Waals surface area (Å²) >= 11 is 9.86. The third-order valence-corrected chi connectivity index (χ3v) is 4.27. The summed E-state index contributed by atoms with van der Waals surface area (Å²) in [4.78, 5) is 0. The number of aromatic nitrogens is 1. The Morgan fingerprint density at radius 3 is 2.71 bits per heavy atom. The number of nitrogens with two attached hydrogens (primary N) is 1. The standard InChI is InChI=1S/C16H12BrClN2O/c1-9-4-2-7-12(14(9)18)15-13(16(19)21-20-15)10-5-3-6-11(17)8-10/h2-8H,19H2,1H3. The van der Waals surface area contributed by atoms with Gasteiger partial charge in [0.05, 0.1) is 10.6 Å². The minimum Gasteiger partial charge on any atom is -0.367 e. The van der Waals surface area contributed by atoms with Crippen LogP contribution in [0.5, 0.6) is 0 Å². The molecule has 0 aliphatic heterocycles. The van der Waals surface area contributed by atoms with Crippen LogP contribution in [0.3, 0.4) is 0 Å². The van der Waals surface area contributed by atoms with E-state index >= 15 is 0 Å². The SMILES string of the molecule is Cc1cccc(-c2noc(N)c2-c2cccc(Br)c2)c1Cl. The van der Waals surface area contributed by atoms with Crippen LogP contribution in [0.2, 0.25) is 5.02 Å². The zero-order chi connectivity index (χ0) is 15.0. The number of nitrogen functional groups attached to an aromatic ring is 1. The molecule has 0 fully saturated rings. The average Bonchev–Trinajstić information content (AvgIpc) is 2.83. The maximum Gasteiger partial charge on any atom is 0.230 e. The molecule has 3 rings (SSSR count). The summed E-state index contributed by atoms with van der Waals surface area (Å²) in [7, 11) is 0. The summed E-state index contributed by atoms with van der Waals surface area (Å²) in [5, 5.41) is 4.75. The Hall–Kier alpha value is -1.78. The molecule has 3 nitrogen and oxygen atoms in total. The van der Waals surface area contributed by atoms with Crippen LogP contribution in [0.25, 0.3) is 22.4 Å². The first-order chi connectivity index (χ1) is 10.1. The molecule has 0 unspecified atom stereocenters. The summed E-state index contributed by atoms with van der Waals surface area (Å²) in [5.41, 5.74) is 10.1. The first-order valence-electron chi connectivity index (χ1n) is 6.34. The molecule has 5 heteroatoms. The van der Waals surface area contributed by atoms with Gasteiger partial charge in [-0.1, -0.05) is 63.0 Å². The van der Waals surface area contributed by atoms with Crippen molar-refractivity contribution in [2.45, 2.75) is 6.92 Å². The molecular weight excluding hydrogens is 352 g/mol. The quantitative estimate of drug-likeness (QED) is 0.671. The first-order valence-corrected chi connectivity index (χ1v) is 7.51. The lowest BCUT2D eigenvalue weighted by molar-refractivity contribution is 0.439. The van der Waals surface area contributed by atoms with Gasteiger partial charge in [-0.15, -0.1) is 0 Å². The fraction of sp³-hybridized carbons (Fsp3) is 0.0625. The summed E-state index contributed by atoms with van der Waals surface area (Å²) in [6.45, 7) is 1.95. The van der Waals surface area contributed by atoms with E-state index in [2.05, 4.69) is 21.1 Å². The van der Waals surface area contributed by atoms with E-state index in [0.717, 1.165) is 26.7 Å². The van der Waals surface area contributed by atoms with E-state index in [1.807, 2.05) is 49.4 Å². The van der Waals surface area contributed by atoms with Gasteiger partial charge >= 0.3 is 0 Å². The van der Waals surface area contributed by atoms with Gasteiger partial charge in [0, 0.05) is 10.0 Å². The minimum atomic E-state index is 0.278. The normalized spacial score (nSPS) is 10.8. The van der Waals surface area contributed by atoms with Crippen LogP contribution in [0.4, 0.5) is 5.88 Å². The summed E-state index contributed by atoms with van der Waals surface area (Å²) in [5.74, 6) is 0.278. The Bertz CT molecular complexity index is 814. The molecule has 0 saturated heterocycles. The van der Waals surface area contributed by atoms with Crippen LogP contribution in [0.15, 0.2) is 51.5 Å². The third-order valence-electron chi connectivity index (χ3n) is 3.28. The van der Waals surface area contributed by atoms with E-state index < -0.39 is 0 Å². The van der Waals surface area contributed by atoms with Gasteiger partial charge in [0.25, 0.3) is 0 Å². The highest BCUT2D eigenvalue weighted by Crippen LogP contribution is 2.40. The largest absolute Gasteiger partial charge is 0.367 e. The van der Waals surface area contributed by atoms with E-state index in [-0.39, 0.29) is 5.88 Å². The predicted molar refractivity (Wildman–Crippen MR) is 89.2 cm³/mol. The maximum absolute atomic E-state index is 6.40. The van der Waals surface area contributed by atoms with Gasteiger partial charge in [0.2, 0.25) is 5.88 Å². The highest BCUT2D eigenvalue weighted by molar-refractivity contribution is 9.10. The molecule has 1 heterocycles. The van der Waals surface area contributed by atoms with E-state index in [9.17, 15) is 0 Å². The second-order valence-corrected chi connectivity index (χ2v) is 6.01. The van der Waals surface area contributed by atoms with Crippen molar-refractivity contribution in [3.05, 3.63) is 57.5 Å². The first kappa shape index (κ1) is 14.2. The van der Waals surface area contributed by atoms with Crippen LogP contribution in [-0.4, -0.2) is 5.16 Å². The molecule has 0 aliphatic rings. The molecule has 3 aromatic rings. The molecule has 0 radical (unpaired) electrons. The highest BCUT2D eigenvalue weighted by atomic mass is 79.9. The molecule has 2 N–H and O–H groups in total. The number of hydrogen-bond acceptors (Lipinski definition) is 3. The smallest absolute Gasteiger partial charge is 0.230 e. The molecule has 106 valence electrons. The predicted octanol–water partition coefficient (Wildman–Crippen LogP) is 5.32. The topological polar surface area (TPSA) is 52.0 Å². The van der Waals surface area contributed by atoms with E-state index in [1.165, 1.54) is 0 Å². The molecule has 0 amide bonds. The molecule has 2 aromatic carbocycles. The number of hydrogen-bond donors (Lipinski definition) is 1. The van der Waals surface area contributed by atoms with Crippen molar-refractivity contribution < 1.29 is 4.52 Å². The minimum absolute atomic E-state index is 0.278. The molecular formula is C16H12BrClN2O. The molecule has 1 aromatic heterocycles. The highest BCUT2D eigenvalue weighted by Gasteiger charge is 2.20. The number of anilines is 1. The molecule has 0 atom stereocenters. The van der Waals surface area contributed by atoms with Crippen LogP contribution >= 0.6 is 27.5 Å². The van der Waals surface area contributed by atoms with Crippen molar-refractivity contribution in [3.63, 3.8) is 0 Å². The summed E-state index contributed by atoms with van der Waals surface area (Å²) < 4.78 is 6.15. The Morgan fingerprint density at radius 1 is 1.19 bits per heavy atom. The fourth-order valence-electron chi connectivity index (χ4n) is 2.24. The van der Waals surface area contributed by atoms with Crippen LogP contribution < -0.4 is 5.73 Å². The van der Waals surface area contributed by atoms with Crippen molar-refractivity contribution in [1.29, 1.82) is 0 Å². The van der Waals surface area contributed by atoms with E-state index in [4.69, 9.17) is 21.9 Å². The Kier molecular flexibility index (Phi) is 3.74. The third kappa shape index (κ3) is 2.57. The maximum atomic E-state index is 6.40. The fourth-order valence-corrected chi connectivity index (χ4v) is 2.85. The van der Waals surface area contributed by atoms with Crippen molar-refractivity contribution in [2.24, 2.45) is 0 Å². The second-order valence-electron chi connectivity index (χ2n) is 4.72. The molecule has 0 aliphatic carbocycles. The second kappa shape index (κ2) is 5.54. The van der Waals surface area contributed by atoms with E-state index in [0.29, 0.717) is 10.7 Å². The molecule has 0 spiro atoms. The molecule has 0 bridgehead atoms. The Morgan fingerprint density at radius 2 is 1.95 bits per heavy atom. The van der Waals surface area contributed by atoms with Gasteiger partial charge in [0.15, 0.2) is 0 Å². The van der Waals surface area contributed by atoms with Crippen molar-refractivity contribution in [1.82, 2.24) is 5.16 Å². The Labute approximate surface area is 135 Å². The lowest BCUT2D eigenvalue weighted by Crippen LogP contribution is -1.89. The number of rotatable bonds is 2. The van der Waals surface area contributed by atoms with Gasteiger partial charge in [-0.2, -0.15) is 0 Å². The number of nitrogens with zero attached hydrogens (tertiary/aromatic N) is 1. The number of halogens is 2. The summed E-state index contributed by atoms with van der Waals surface area (Å²) in [6.07, 6.45) is 0. The van der Waals surface area contributed by atoms with Crippen LogP contribution in [0, 0.1) is 6.92 Å². The van der Waals surface area contributed by atoms with Crippen molar-refractivity contribution in [2.75, 3.05) is 5.73 Å². The van der Waals surface area contributed by atoms with Gasteiger partial charge in [-0.25, -0.2) is 0 Å². The van der Waals surface area contributed by atoms with E-state index in [1.54, 1.807) is 0 Å². The average molecular weight is 364 g/mol. The zero-order valence-corrected chi connectivity index (χ0v) is 13.6. The Balaban J connectivity index is 2.24. The lowest BCUT2D eigenvalue weighted by Gasteiger charge is -2.07. The van der Waals surface area contributed by atoms with Gasteiger partial charge in [-0.3, -0.25) is 0 Å². The molecule has 0 saturated carbocycles. The van der Waals surface area contributed by atoms with Crippen LogP contribution in [0.1, 0.15) is 5.56 Å². The molecule has 21 heavy (non-hydrogen) atoms. The van der Waals surface area contributed by atoms with Crippen molar-refractivity contribution >= 4 is 33.4 Å². The van der Waals surface area contributed by atoms with Gasteiger partial charge < -0.3 is 10.3 Å². The summed E-state index contributed by atoms with van der Waals surface area (Å²) in [6, 6.07) is 13.6. The van der Waals surface area contributed by atoms with Crippen LogP contribution in [-0.2, 0) is 0 Å².